The van der Waals surface area contributed by atoms with Gasteiger partial charge in [0.25, 0.3) is 0 Å². The van der Waals surface area contributed by atoms with Gasteiger partial charge in [-0.1, -0.05) is 6.92 Å². The van der Waals surface area contributed by atoms with Gasteiger partial charge < -0.3 is 5.11 Å². The molecule has 0 saturated carbocycles. The lowest BCUT2D eigenvalue weighted by Gasteiger charge is -2.02. The number of fused-ring (bicyclic) bond motifs is 1. The zero-order valence-electron chi connectivity index (χ0n) is 9.57. The third kappa shape index (κ3) is 1.61. The number of carbonyl (C=O) groups is 1. The summed E-state index contributed by atoms with van der Waals surface area (Å²) in [6.07, 6.45) is 0.935. The van der Waals surface area contributed by atoms with Crippen LogP contribution < -0.4 is 0 Å². The molecule has 86 valence electrons. The van der Waals surface area contributed by atoms with Gasteiger partial charge in [-0.15, -0.1) is 11.3 Å². The second kappa shape index (κ2) is 3.90. The third-order valence-electron chi connectivity index (χ3n) is 2.72. The monoisotopic (exact) mass is 238 g/mol. The highest BCUT2D eigenvalue weighted by atomic mass is 32.1. The zero-order valence-corrected chi connectivity index (χ0v) is 10.4. The molecule has 5 heteroatoms. The van der Waals surface area contributed by atoms with E-state index in [1.165, 1.54) is 10.6 Å². The van der Waals surface area contributed by atoms with E-state index in [1.54, 1.807) is 11.3 Å². The van der Waals surface area contributed by atoms with Crippen molar-refractivity contribution >= 4 is 22.3 Å². The molecule has 2 aromatic heterocycles. The molecule has 0 atom stereocenters. The van der Waals surface area contributed by atoms with Crippen molar-refractivity contribution in [1.29, 1.82) is 0 Å². The van der Waals surface area contributed by atoms with Crippen molar-refractivity contribution in [2.45, 2.75) is 33.6 Å². The Hall–Kier alpha value is -1.36. The molecule has 0 bridgehead atoms. The highest BCUT2D eigenvalue weighted by Gasteiger charge is 2.17. The quantitative estimate of drug-likeness (QED) is 0.891. The van der Waals surface area contributed by atoms with Gasteiger partial charge in [0, 0.05) is 10.6 Å². The molecule has 0 aliphatic carbocycles. The topological polar surface area (TPSA) is 54.6 Å². The largest absolute Gasteiger partial charge is 0.481 e. The summed E-state index contributed by atoms with van der Waals surface area (Å²) < 4.78 is 2.00. The van der Waals surface area contributed by atoms with E-state index < -0.39 is 5.97 Å². The van der Waals surface area contributed by atoms with Gasteiger partial charge in [0.05, 0.1) is 17.8 Å². The SMILES string of the molecule is CCc1c(C)sc2nc(C)c(CC(=O)O)n12. The standard InChI is InChI=1S/C11H14N2O2S/c1-4-8-7(3)16-11-12-6(2)9(13(8)11)5-10(14)15/h4-5H2,1-3H3,(H,14,15). The summed E-state index contributed by atoms with van der Waals surface area (Å²) in [5.41, 5.74) is 2.81. The third-order valence-corrected chi connectivity index (χ3v) is 3.71. The number of carboxylic acid groups (broad SMARTS) is 1. The molecular formula is C11H14N2O2S. The number of hydrogen-bond donors (Lipinski definition) is 1. The van der Waals surface area contributed by atoms with Crippen LogP contribution in [0.25, 0.3) is 4.96 Å². The fourth-order valence-corrected chi connectivity index (χ4v) is 3.11. The molecule has 2 aromatic rings. The molecule has 1 N–H and O–H groups in total. The molecular weight excluding hydrogens is 224 g/mol. The first-order valence-electron chi connectivity index (χ1n) is 5.22. The smallest absolute Gasteiger partial charge is 0.309 e. The van der Waals surface area contributed by atoms with Gasteiger partial charge in [0.2, 0.25) is 0 Å². The minimum atomic E-state index is -0.809. The van der Waals surface area contributed by atoms with E-state index in [-0.39, 0.29) is 6.42 Å². The number of rotatable bonds is 3. The second-order valence-corrected chi connectivity index (χ2v) is 4.97. The van der Waals surface area contributed by atoms with Crippen molar-refractivity contribution in [3.63, 3.8) is 0 Å². The molecule has 0 fully saturated rings. The molecule has 0 aromatic carbocycles. The first kappa shape index (κ1) is 11.1. The number of carboxylic acids is 1. The number of aromatic nitrogens is 2. The maximum Gasteiger partial charge on any atom is 0.309 e. The van der Waals surface area contributed by atoms with Crippen LogP contribution in [0.2, 0.25) is 0 Å². The van der Waals surface area contributed by atoms with E-state index in [9.17, 15) is 4.79 Å². The number of aryl methyl sites for hydroxylation is 3. The first-order chi connectivity index (χ1) is 7.54. The van der Waals surface area contributed by atoms with Crippen molar-refractivity contribution < 1.29 is 9.90 Å². The van der Waals surface area contributed by atoms with Crippen LogP contribution in [-0.4, -0.2) is 20.5 Å². The molecule has 0 amide bonds. The lowest BCUT2D eigenvalue weighted by molar-refractivity contribution is -0.136. The number of imidazole rings is 1. The highest BCUT2D eigenvalue weighted by molar-refractivity contribution is 7.17. The molecule has 0 radical (unpaired) electrons. The Bertz CT molecular complexity index is 554. The molecule has 0 aliphatic rings. The predicted molar refractivity (Wildman–Crippen MR) is 63.3 cm³/mol. The summed E-state index contributed by atoms with van der Waals surface area (Å²) in [6, 6.07) is 0. The molecule has 0 aliphatic heterocycles. The summed E-state index contributed by atoms with van der Waals surface area (Å²) in [6.45, 7) is 6.00. The average molecular weight is 238 g/mol. The van der Waals surface area contributed by atoms with E-state index in [0.29, 0.717) is 0 Å². The van der Waals surface area contributed by atoms with Crippen molar-refractivity contribution in [1.82, 2.24) is 9.38 Å². The van der Waals surface area contributed by atoms with E-state index in [1.807, 2.05) is 11.3 Å². The first-order valence-corrected chi connectivity index (χ1v) is 6.04. The minimum Gasteiger partial charge on any atom is -0.481 e. The number of thiazole rings is 1. The van der Waals surface area contributed by atoms with Gasteiger partial charge in [0.1, 0.15) is 0 Å². The molecule has 0 spiro atoms. The van der Waals surface area contributed by atoms with Crippen LogP contribution in [-0.2, 0) is 17.6 Å². The van der Waals surface area contributed by atoms with E-state index in [2.05, 4.69) is 18.8 Å². The predicted octanol–water partition coefficient (Wildman–Crippen LogP) is 2.20. The Kier molecular flexibility index (Phi) is 2.71. The molecule has 0 saturated heterocycles. The summed E-state index contributed by atoms with van der Waals surface area (Å²) in [5.74, 6) is -0.809. The maximum absolute atomic E-state index is 10.8. The van der Waals surface area contributed by atoms with Gasteiger partial charge in [-0.25, -0.2) is 4.98 Å². The lowest BCUT2D eigenvalue weighted by Crippen LogP contribution is -2.06. The lowest BCUT2D eigenvalue weighted by atomic mass is 10.2. The fraction of sp³-hybridized carbons (Fsp3) is 0.455. The minimum absolute atomic E-state index is 0.0379. The summed E-state index contributed by atoms with van der Waals surface area (Å²) >= 11 is 1.62. The van der Waals surface area contributed by atoms with Crippen molar-refractivity contribution in [3.8, 4) is 0 Å². The molecule has 4 nitrogen and oxygen atoms in total. The second-order valence-electron chi connectivity index (χ2n) is 3.79. The van der Waals surface area contributed by atoms with Crippen LogP contribution in [0.15, 0.2) is 0 Å². The Balaban J connectivity index is 2.69. The van der Waals surface area contributed by atoms with Crippen LogP contribution >= 0.6 is 11.3 Å². The van der Waals surface area contributed by atoms with E-state index >= 15 is 0 Å². The van der Waals surface area contributed by atoms with Crippen molar-refractivity contribution in [2.75, 3.05) is 0 Å². The van der Waals surface area contributed by atoms with Gasteiger partial charge >= 0.3 is 5.97 Å². The van der Waals surface area contributed by atoms with Gasteiger partial charge in [-0.05, 0) is 20.3 Å². The van der Waals surface area contributed by atoms with Crippen molar-refractivity contribution in [2.24, 2.45) is 0 Å². The van der Waals surface area contributed by atoms with Gasteiger partial charge in [0.15, 0.2) is 4.96 Å². The summed E-state index contributed by atoms with van der Waals surface area (Å²) in [7, 11) is 0. The summed E-state index contributed by atoms with van der Waals surface area (Å²) in [5, 5.41) is 8.90. The van der Waals surface area contributed by atoms with Gasteiger partial charge in [-0.2, -0.15) is 0 Å². The van der Waals surface area contributed by atoms with Crippen LogP contribution in [0.4, 0.5) is 0 Å². The van der Waals surface area contributed by atoms with Gasteiger partial charge in [-0.3, -0.25) is 9.20 Å². The van der Waals surface area contributed by atoms with Crippen LogP contribution in [0, 0.1) is 13.8 Å². The number of aliphatic carboxylic acids is 1. The fourth-order valence-electron chi connectivity index (χ4n) is 1.99. The number of hydrogen-bond acceptors (Lipinski definition) is 3. The Morgan fingerprint density at radius 2 is 2.12 bits per heavy atom. The molecule has 2 heterocycles. The van der Waals surface area contributed by atoms with Crippen LogP contribution in [0.1, 0.15) is 28.9 Å². The van der Waals surface area contributed by atoms with Crippen LogP contribution in [0.5, 0.6) is 0 Å². The summed E-state index contributed by atoms with van der Waals surface area (Å²) in [4.78, 5) is 17.4. The Morgan fingerprint density at radius 3 is 2.69 bits per heavy atom. The Morgan fingerprint density at radius 1 is 1.44 bits per heavy atom. The van der Waals surface area contributed by atoms with Crippen molar-refractivity contribution in [3.05, 3.63) is 22.0 Å². The van der Waals surface area contributed by atoms with E-state index in [4.69, 9.17) is 5.11 Å². The van der Waals surface area contributed by atoms with E-state index in [0.717, 1.165) is 22.8 Å². The zero-order chi connectivity index (χ0) is 11.9. The Labute approximate surface area is 97.6 Å². The van der Waals surface area contributed by atoms with Crippen LogP contribution in [0.3, 0.4) is 0 Å². The normalized spacial score (nSPS) is 11.2. The molecule has 16 heavy (non-hydrogen) atoms. The maximum atomic E-state index is 10.8. The molecule has 2 rings (SSSR count). The average Bonchev–Trinajstić information content (AvgIpc) is 2.63. The number of nitrogens with zero attached hydrogens (tertiary/aromatic N) is 2. The highest BCUT2D eigenvalue weighted by Crippen LogP contribution is 2.26. The molecule has 0 unspecified atom stereocenters.